The Balaban J connectivity index is 2.74. The molecule has 0 fully saturated rings. The van der Waals surface area contributed by atoms with E-state index in [-0.39, 0.29) is 17.6 Å². The molecule has 15 heavy (non-hydrogen) atoms. The lowest BCUT2D eigenvalue weighted by Crippen LogP contribution is -2.40. The summed E-state index contributed by atoms with van der Waals surface area (Å²) in [6, 6.07) is -0.320. The van der Waals surface area contributed by atoms with Gasteiger partial charge in [0, 0.05) is 6.20 Å². The molecule has 0 spiro atoms. The van der Waals surface area contributed by atoms with Crippen molar-refractivity contribution in [3.8, 4) is 0 Å². The van der Waals surface area contributed by atoms with Gasteiger partial charge >= 0.3 is 0 Å². The van der Waals surface area contributed by atoms with Gasteiger partial charge in [0.1, 0.15) is 12.0 Å². The summed E-state index contributed by atoms with van der Waals surface area (Å²) in [4.78, 5) is 19.2. The maximum absolute atomic E-state index is 11.6. The average Bonchev–Trinajstić information content (AvgIpc) is 2.18. The molecule has 0 aromatic carbocycles. The Labute approximate surface area is 96.1 Å². The third-order valence-electron chi connectivity index (χ3n) is 1.97. The number of aliphatic hydroxyl groups is 1. The zero-order valence-corrected chi connectivity index (χ0v) is 10.0. The minimum absolute atomic E-state index is 0.262. The molecule has 2 N–H and O–H groups in total. The largest absolute Gasteiger partial charge is 0.391 e. The highest BCUT2D eigenvalue weighted by atomic mass is 79.9. The third kappa shape index (κ3) is 3.24. The standard InChI is InChI=1S/C9H12BrN3O2/c1-5(6(2)14)13-9(15)8-7(10)3-11-4-12-8/h3-6,14H,1-2H3,(H,13,15). The molecule has 5 nitrogen and oxygen atoms in total. The third-order valence-corrected chi connectivity index (χ3v) is 2.55. The Hall–Kier alpha value is -1.01. The minimum Gasteiger partial charge on any atom is -0.391 e. The number of hydrogen-bond donors (Lipinski definition) is 2. The molecular weight excluding hydrogens is 262 g/mol. The van der Waals surface area contributed by atoms with E-state index in [2.05, 4.69) is 31.2 Å². The SMILES string of the molecule is CC(O)C(C)NC(=O)c1ncncc1Br. The second-order valence-corrected chi connectivity index (χ2v) is 4.08. The summed E-state index contributed by atoms with van der Waals surface area (Å²) in [5, 5.41) is 11.9. The molecule has 2 unspecified atom stereocenters. The Morgan fingerprint density at radius 3 is 2.80 bits per heavy atom. The van der Waals surface area contributed by atoms with E-state index >= 15 is 0 Å². The number of halogens is 1. The summed E-state index contributed by atoms with van der Waals surface area (Å²) < 4.78 is 0.528. The smallest absolute Gasteiger partial charge is 0.271 e. The van der Waals surface area contributed by atoms with Crippen LogP contribution in [0.1, 0.15) is 24.3 Å². The first kappa shape index (κ1) is 12.1. The number of nitrogens with zero attached hydrogens (tertiary/aromatic N) is 2. The van der Waals surface area contributed by atoms with E-state index in [1.165, 1.54) is 12.5 Å². The first-order valence-electron chi connectivity index (χ1n) is 4.46. The number of carbonyl (C=O) groups excluding carboxylic acids is 1. The molecule has 0 saturated heterocycles. The fraction of sp³-hybridized carbons (Fsp3) is 0.444. The molecule has 1 aromatic rings. The van der Waals surface area contributed by atoms with Crippen LogP contribution in [0.15, 0.2) is 17.0 Å². The molecule has 0 saturated carbocycles. The highest BCUT2D eigenvalue weighted by Gasteiger charge is 2.16. The number of aromatic nitrogens is 2. The minimum atomic E-state index is -0.602. The van der Waals surface area contributed by atoms with Gasteiger partial charge in [-0.1, -0.05) is 0 Å². The monoisotopic (exact) mass is 273 g/mol. The fourth-order valence-electron chi connectivity index (χ4n) is 0.875. The van der Waals surface area contributed by atoms with E-state index in [0.717, 1.165) is 0 Å². The summed E-state index contributed by atoms with van der Waals surface area (Å²) in [7, 11) is 0. The molecule has 0 aliphatic rings. The lowest BCUT2D eigenvalue weighted by atomic mass is 10.2. The summed E-state index contributed by atoms with van der Waals surface area (Å²) in [6.07, 6.45) is 2.19. The molecule has 0 aliphatic heterocycles. The van der Waals surface area contributed by atoms with Crippen molar-refractivity contribution in [2.45, 2.75) is 26.0 Å². The number of rotatable bonds is 3. The molecular formula is C9H12BrN3O2. The van der Waals surface area contributed by atoms with Crippen LogP contribution in [-0.2, 0) is 0 Å². The molecule has 6 heteroatoms. The van der Waals surface area contributed by atoms with Crippen LogP contribution in [-0.4, -0.2) is 33.1 Å². The van der Waals surface area contributed by atoms with Crippen molar-refractivity contribution in [2.75, 3.05) is 0 Å². The quantitative estimate of drug-likeness (QED) is 0.852. The summed E-state index contributed by atoms with van der Waals surface area (Å²) in [5.74, 6) is -0.335. The maximum Gasteiger partial charge on any atom is 0.271 e. The van der Waals surface area contributed by atoms with E-state index in [1.807, 2.05) is 0 Å². The molecule has 1 rings (SSSR count). The summed E-state index contributed by atoms with van der Waals surface area (Å²) in [5.41, 5.74) is 0.262. The lowest BCUT2D eigenvalue weighted by Gasteiger charge is -2.16. The number of nitrogens with one attached hydrogen (secondary N) is 1. The second kappa shape index (κ2) is 5.18. The van der Waals surface area contributed by atoms with Crippen LogP contribution in [0.3, 0.4) is 0 Å². The molecule has 1 amide bonds. The van der Waals surface area contributed by atoms with Crippen LogP contribution < -0.4 is 5.32 Å². The summed E-state index contributed by atoms with van der Waals surface area (Å²) in [6.45, 7) is 3.33. The Morgan fingerprint density at radius 1 is 1.60 bits per heavy atom. The zero-order valence-electron chi connectivity index (χ0n) is 8.44. The van der Waals surface area contributed by atoms with Crippen molar-refractivity contribution >= 4 is 21.8 Å². The van der Waals surface area contributed by atoms with Crippen molar-refractivity contribution in [3.63, 3.8) is 0 Å². The van der Waals surface area contributed by atoms with Gasteiger partial charge in [0.15, 0.2) is 0 Å². The molecule has 1 heterocycles. The number of carbonyl (C=O) groups is 1. The van der Waals surface area contributed by atoms with Crippen molar-refractivity contribution in [2.24, 2.45) is 0 Å². The molecule has 2 atom stereocenters. The average molecular weight is 274 g/mol. The van der Waals surface area contributed by atoms with E-state index < -0.39 is 6.10 Å². The summed E-state index contributed by atoms with van der Waals surface area (Å²) >= 11 is 3.18. The number of amides is 1. The van der Waals surface area contributed by atoms with Gasteiger partial charge in [0.25, 0.3) is 5.91 Å². The molecule has 0 radical (unpaired) electrons. The number of hydrogen-bond acceptors (Lipinski definition) is 4. The maximum atomic E-state index is 11.6. The van der Waals surface area contributed by atoms with Gasteiger partial charge in [-0.15, -0.1) is 0 Å². The van der Waals surface area contributed by atoms with Crippen LogP contribution >= 0.6 is 15.9 Å². The molecule has 82 valence electrons. The molecule has 1 aromatic heterocycles. The zero-order chi connectivity index (χ0) is 11.4. The first-order chi connectivity index (χ1) is 7.02. The van der Waals surface area contributed by atoms with Crippen LogP contribution in [0.4, 0.5) is 0 Å². The van der Waals surface area contributed by atoms with Gasteiger partial charge in [-0.05, 0) is 29.8 Å². The van der Waals surface area contributed by atoms with Gasteiger partial charge in [0.05, 0.1) is 16.6 Å². The Kier molecular flexibility index (Phi) is 4.16. The van der Waals surface area contributed by atoms with E-state index in [4.69, 9.17) is 0 Å². The Bertz CT molecular complexity index is 357. The number of aliphatic hydroxyl groups excluding tert-OH is 1. The Morgan fingerprint density at radius 2 is 2.27 bits per heavy atom. The van der Waals surface area contributed by atoms with Crippen LogP contribution in [0, 0.1) is 0 Å². The van der Waals surface area contributed by atoms with Crippen molar-refractivity contribution < 1.29 is 9.90 Å². The highest BCUT2D eigenvalue weighted by molar-refractivity contribution is 9.10. The first-order valence-corrected chi connectivity index (χ1v) is 5.26. The highest BCUT2D eigenvalue weighted by Crippen LogP contribution is 2.11. The van der Waals surface area contributed by atoms with Gasteiger partial charge in [-0.2, -0.15) is 0 Å². The van der Waals surface area contributed by atoms with E-state index in [0.29, 0.717) is 4.47 Å². The normalized spacial score (nSPS) is 14.4. The van der Waals surface area contributed by atoms with Crippen molar-refractivity contribution in [1.82, 2.24) is 15.3 Å². The van der Waals surface area contributed by atoms with Crippen molar-refractivity contribution in [1.29, 1.82) is 0 Å². The lowest BCUT2D eigenvalue weighted by molar-refractivity contribution is 0.0868. The molecule has 0 aliphatic carbocycles. The van der Waals surface area contributed by atoms with E-state index in [1.54, 1.807) is 13.8 Å². The van der Waals surface area contributed by atoms with Gasteiger partial charge in [0.2, 0.25) is 0 Å². The second-order valence-electron chi connectivity index (χ2n) is 3.22. The van der Waals surface area contributed by atoms with Crippen LogP contribution in [0.5, 0.6) is 0 Å². The predicted octanol–water partition coefficient (Wildman–Crippen LogP) is 0.738. The van der Waals surface area contributed by atoms with Crippen LogP contribution in [0.25, 0.3) is 0 Å². The van der Waals surface area contributed by atoms with Crippen molar-refractivity contribution in [3.05, 3.63) is 22.7 Å². The van der Waals surface area contributed by atoms with E-state index in [9.17, 15) is 9.90 Å². The predicted molar refractivity (Wildman–Crippen MR) is 58.3 cm³/mol. The topological polar surface area (TPSA) is 75.1 Å². The fourth-order valence-corrected chi connectivity index (χ4v) is 1.28. The van der Waals surface area contributed by atoms with Gasteiger partial charge < -0.3 is 10.4 Å². The molecule has 0 bridgehead atoms. The van der Waals surface area contributed by atoms with Gasteiger partial charge in [-0.3, -0.25) is 4.79 Å². The van der Waals surface area contributed by atoms with Crippen LogP contribution in [0.2, 0.25) is 0 Å². The van der Waals surface area contributed by atoms with Gasteiger partial charge in [-0.25, -0.2) is 9.97 Å².